The van der Waals surface area contributed by atoms with Crippen LogP contribution in [0.5, 0.6) is 0 Å². The number of ether oxygens (including phenoxy) is 1. The fourth-order valence-electron chi connectivity index (χ4n) is 2.79. The molecular weight excluding hydrogens is 180 g/mol. The van der Waals surface area contributed by atoms with Gasteiger partial charge in [-0.15, -0.1) is 0 Å². The number of aliphatic hydroxyl groups is 1. The molecule has 1 heterocycles. The van der Waals surface area contributed by atoms with Crippen LogP contribution in [0, 0.1) is 5.92 Å². The largest absolute Gasteiger partial charge is 0.459 e. The minimum atomic E-state index is -0.842. The molecule has 2 rings (SSSR count). The monoisotopic (exact) mass is 198 g/mol. The summed E-state index contributed by atoms with van der Waals surface area (Å²) in [5.41, 5.74) is -0.842. The van der Waals surface area contributed by atoms with E-state index in [0.29, 0.717) is 0 Å². The Hall–Kier alpha value is -0.570. The van der Waals surface area contributed by atoms with Gasteiger partial charge in [-0.1, -0.05) is 19.8 Å². The third-order valence-electron chi connectivity index (χ3n) is 3.57. The second-order valence-corrected chi connectivity index (χ2v) is 4.50. The summed E-state index contributed by atoms with van der Waals surface area (Å²) in [6.45, 7) is 2.03. The van der Waals surface area contributed by atoms with Crippen LogP contribution in [0.1, 0.15) is 45.4 Å². The third-order valence-corrected chi connectivity index (χ3v) is 3.57. The number of carbonyl (C=O) groups excluding carboxylic acids is 1. The fourth-order valence-corrected chi connectivity index (χ4v) is 2.79. The van der Waals surface area contributed by atoms with Crippen molar-refractivity contribution in [2.75, 3.05) is 0 Å². The van der Waals surface area contributed by atoms with Gasteiger partial charge in [-0.05, 0) is 25.7 Å². The van der Waals surface area contributed by atoms with Gasteiger partial charge in [0.05, 0.1) is 5.92 Å². The highest BCUT2D eigenvalue weighted by Crippen LogP contribution is 2.44. The van der Waals surface area contributed by atoms with Crippen LogP contribution < -0.4 is 0 Å². The van der Waals surface area contributed by atoms with Crippen LogP contribution in [-0.4, -0.2) is 22.8 Å². The lowest BCUT2D eigenvalue weighted by molar-refractivity contribution is -0.145. The van der Waals surface area contributed by atoms with Crippen LogP contribution in [0.15, 0.2) is 0 Å². The van der Waals surface area contributed by atoms with E-state index in [2.05, 4.69) is 0 Å². The lowest BCUT2D eigenvalue weighted by Crippen LogP contribution is -2.46. The molecule has 80 valence electrons. The van der Waals surface area contributed by atoms with Crippen molar-refractivity contribution in [3.63, 3.8) is 0 Å². The molecule has 1 saturated heterocycles. The van der Waals surface area contributed by atoms with Crippen LogP contribution in [0.3, 0.4) is 0 Å². The molecule has 1 aliphatic heterocycles. The molecule has 1 aliphatic carbocycles. The van der Waals surface area contributed by atoms with Crippen LogP contribution in [0.4, 0.5) is 0 Å². The van der Waals surface area contributed by atoms with E-state index < -0.39 is 5.60 Å². The highest BCUT2D eigenvalue weighted by atomic mass is 16.6. The van der Waals surface area contributed by atoms with Crippen LogP contribution in [0.25, 0.3) is 0 Å². The molecule has 0 aromatic carbocycles. The first-order chi connectivity index (χ1) is 6.68. The van der Waals surface area contributed by atoms with Crippen molar-refractivity contribution >= 4 is 5.97 Å². The van der Waals surface area contributed by atoms with E-state index in [1.54, 1.807) is 0 Å². The summed E-state index contributed by atoms with van der Waals surface area (Å²) >= 11 is 0. The Bertz CT molecular complexity index is 239. The van der Waals surface area contributed by atoms with Gasteiger partial charge < -0.3 is 9.84 Å². The molecule has 3 heteroatoms. The zero-order valence-corrected chi connectivity index (χ0v) is 8.66. The maximum atomic E-state index is 11.6. The molecule has 1 saturated carbocycles. The summed E-state index contributed by atoms with van der Waals surface area (Å²) in [5, 5.41) is 10.4. The Morgan fingerprint density at radius 2 is 2.36 bits per heavy atom. The van der Waals surface area contributed by atoms with Crippen molar-refractivity contribution < 1.29 is 14.6 Å². The molecule has 3 atom stereocenters. The van der Waals surface area contributed by atoms with Gasteiger partial charge in [0.25, 0.3) is 0 Å². The maximum absolute atomic E-state index is 11.6. The number of hydrogen-bond acceptors (Lipinski definition) is 3. The summed E-state index contributed by atoms with van der Waals surface area (Å²) in [6.07, 6.45) is 5.11. The smallest absolute Gasteiger partial charge is 0.312 e. The predicted molar refractivity (Wildman–Crippen MR) is 51.7 cm³/mol. The van der Waals surface area contributed by atoms with E-state index in [9.17, 15) is 9.90 Å². The lowest BCUT2D eigenvalue weighted by atomic mass is 9.74. The molecule has 2 fully saturated rings. The van der Waals surface area contributed by atoms with Crippen LogP contribution >= 0.6 is 0 Å². The van der Waals surface area contributed by atoms with Crippen LogP contribution in [0.2, 0.25) is 0 Å². The molecule has 14 heavy (non-hydrogen) atoms. The fraction of sp³-hybridized carbons (Fsp3) is 0.909. The quantitative estimate of drug-likeness (QED) is 0.686. The van der Waals surface area contributed by atoms with Gasteiger partial charge in [-0.3, -0.25) is 4.79 Å². The zero-order chi connectivity index (χ0) is 10.2. The van der Waals surface area contributed by atoms with Crippen molar-refractivity contribution in [2.45, 2.75) is 57.2 Å². The first kappa shape index (κ1) is 9.97. The van der Waals surface area contributed by atoms with Crippen molar-refractivity contribution in [3.8, 4) is 0 Å². The molecule has 3 nitrogen and oxygen atoms in total. The number of rotatable bonds is 2. The standard InChI is InChI=1S/C11H18O3/c1-2-5-8-10(12)14-9-6-3-4-7-11(8,9)13/h8-9,13H,2-7H2,1H3/t8-,9+,11-/m1/s1. The van der Waals surface area contributed by atoms with E-state index in [0.717, 1.165) is 38.5 Å². The lowest BCUT2D eigenvalue weighted by Gasteiger charge is -2.35. The molecule has 0 radical (unpaired) electrons. The Balaban J connectivity index is 2.18. The second kappa shape index (κ2) is 3.54. The van der Waals surface area contributed by atoms with Gasteiger partial charge in [0.15, 0.2) is 0 Å². The normalized spacial score (nSPS) is 42.0. The van der Waals surface area contributed by atoms with Gasteiger partial charge in [0.2, 0.25) is 0 Å². The van der Waals surface area contributed by atoms with Crippen molar-refractivity contribution in [2.24, 2.45) is 5.92 Å². The van der Waals surface area contributed by atoms with Crippen molar-refractivity contribution in [1.29, 1.82) is 0 Å². The summed E-state index contributed by atoms with van der Waals surface area (Å²) in [4.78, 5) is 11.6. The van der Waals surface area contributed by atoms with E-state index in [4.69, 9.17) is 4.74 Å². The topological polar surface area (TPSA) is 46.5 Å². The molecular formula is C11H18O3. The number of carbonyl (C=O) groups is 1. The molecule has 0 aromatic heterocycles. The Kier molecular flexibility index (Phi) is 2.52. The second-order valence-electron chi connectivity index (χ2n) is 4.50. The SMILES string of the molecule is CCC[C@@H]1C(=O)O[C@H]2CCCC[C@]21O. The highest BCUT2D eigenvalue weighted by Gasteiger charge is 2.56. The maximum Gasteiger partial charge on any atom is 0.312 e. The Morgan fingerprint density at radius 1 is 1.57 bits per heavy atom. The highest BCUT2D eigenvalue weighted by molar-refractivity contribution is 5.77. The van der Waals surface area contributed by atoms with Crippen molar-refractivity contribution in [3.05, 3.63) is 0 Å². The number of esters is 1. The summed E-state index contributed by atoms with van der Waals surface area (Å²) < 4.78 is 5.24. The molecule has 0 spiro atoms. The average Bonchev–Trinajstić information content (AvgIpc) is 2.41. The molecule has 0 aromatic rings. The first-order valence-corrected chi connectivity index (χ1v) is 5.61. The average molecular weight is 198 g/mol. The minimum absolute atomic E-state index is 0.179. The Morgan fingerprint density at radius 3 is 3.07 bits per heavy atom. The van der Waals surface area contributed by atoms with Crippen molar-refractivity contribution in [1.82, 2.24) is 0 Å². The molecule has 0 amide bonds. The van der Waals surface area contributed by atoms with Gasteiger partial charge in [-0.2, -0.15) is 0 Å². The summed E-state index contributed by atoms with van der Waals surface area (Å²) in [5.74, 6) is -0.445. The van der Waals surface area contributed by atoms with E-state index >= 15 is 0 Å². The van der Waals surface area contributed by atoms with Crippen LogP contribution in [-0.2, 0) is 9.53 Å². The van der Waals surface area contributed by atoms with Gasteiger partial charge in [0, 0.05) is 0 Å². The Labute approximate surface area is 84.4 Å². The number of fused-ring (bicyclic) bond motifs is 1. The van der Waals surface area contributed by atoms with E-state index in [1.165, 1.54) is 0 Å². The molecule has 0 bridgehead atoms. The molecule has 2 aliphatic rings. The predicted octanol–water partition coefficient (Wildman–Crippen LogP) is 1.63. The van der Waals surface area contributed by atoms with Gasteiger partial charge in [0.1, 0.15) is 11.7 Å². The summed E-state index contributed by atoms with van der Waals surface area (Å²) in [7, 11) is 0. The molecule has 1 N–H and O–H groups in total. The minimum Gasteiger partial charge on any atom is -0.459 e. The van der Waals surface area contributed by atoms with Gasteiger partial charge in [-0.25, -0.2) is 0 Å². The van der Waals surface area contributed by atoms with Gasteiger partial charge >= 0.3 is 5.97 Å². The van der Waals surface area contributed by atoms with E-state index in [-0.39, 0.29) is 18.0 Å². The summed E-state index contributed by atoms with van der Waals surface area (Å²) in [6, 6.07) is 0. The number of hydrogen-bond donors (Lipinski definition) is 1. The van der Waals surface area contributed by atoms with E-state index in [1.807, 2.05) is 6.92 Å². The zero-order valence-electron chi connectivity index (χ0n) is 8.66. The third kappa shape index (κ3) is 1.34. The first-order valence-electron chi connectivity index (χ1n) is 5.61. The molecule has 0 unspecified atom stereocenters.